The van der Waals surface area contributed by atoms with E-state index in [0.29, 0.717) is 6.54 Å². The summed E-state index contributed by atoms with van der Waals surface area (Å²) in [7, 11) is -1.28. The number of aromatic nitrogens is 1. The van der Waals surface area contributed by atoms with Crippen LogP contribution in [0.15, 0.2) is 18.5 Å². The Morgan fingerprint density at radius 2 is 1.88 bits per heavy atom. The van der Waals surface area contributed by atoms with Gasteiger partial charge in [0.15, 0.2) is 9.84 Å². The first kappa shape index (κ1) is 13.8. The average molecular weight is 257 g/mol. The largest absolute Gasteiger partial charge is 0.387 e. The zero-order valence-corrected chi connectivity index (χ0v) is 11.4. The summed E-state index contributed by atoms with van der Waals surface area (Å²) in [4.78, 5) is 4.04. The smallest absolute Gasteiger partial charge is 0.154 e. The second-order valence-corrected chi connectivity index (χ2v) is 7.25. The van der Waals surface area contributed by atoms with Crippen LogP contribution in [-0.2, 0) is 9.84 Å². The molecule has 6 heteroatoms. The Morgan fingerprint density at radius 3 is 2.41 bits per heavy atom. The number of hydrogen-bond donors (Lipinski definition) is 2. The molecule has 1 aromatic heterocycles. The van der Waals surface area contributed by atoms with E-state index in [0.717, 1.165) is 11.4 Å². The summed E-state index contributed by atoms with van der Waals surface area (Å²) in [5.74, 6) is 0. The molecule has 0 saturated carbocycles. The van der Waals surface area contributed by atoms with Crippen molar-refractivity contribution >= 4 is 21.2 Å². The van der Waals surface area contributed by atoms with E-state index in [1.54, 1.807) is 33.3 Å². The normalized spacial score (nSPS) is 12.2. The molecule has 1 heterocycles. The number of sulfone groups is 1. The van der Waals surface area contributed by atoms with Crippen LogP contribution in [0.3, 0.4) is 0 Å². The van der Waals surface area contributed by atoms with Gasteiger partial charge in [-0.3, -0.25) is 4.98 Å². The monoisotopic (exact) mass is 257 g/mol. The van der Waals surface area contributed by atoms with Crippen LogP contribution in [0.4, 0.5) is 11.4 Å². The lowest BCUT2D eigenvalue weighted by Gasteiger charge is -2.23. The van der Waals surface area contributed by atoms with E-state index >= 15 is 0 Å². The Bertz CT molecular complexity index is 483. The Morgan fingerprint density at radius 1 is 1.29 bits per heavy atom. The summed E-state index contributed by atoms with van der Waals surface area (Å²) in [5, 5.41) is 6.06. The Balaban J connectivity index is 2.74. The van der Waals surface area contributed by atoms with Gasteiger partial charge in [-0.2, -0.15) is 0 Å². The van der Waals surface area contributed by atoms with Crippen LogP contribution >= 0.6 is 0 Å². The highest BCUT2D eigenvalue weighted by Crippen LogP contribution is 2.18. The number of nitrogens with one attached hydrogen (secondary N) is 2. The van der Waals surface area contributed by atoms with Crippen LogP contribution in [0.2, 0.25) is 0 Å². The zero-order valence-electron chi connectivity index (χ0n) is 10.6. The molecule has 96 valence electrons. The highest BCUT2D eigenvalue weighted by molar-refractivity contribution is 7.92. The van der Waals surface area contributed by atoms with E-state index in [1.807, 2.05) is 6.07 Å². The first-order valence-corrected chi connectivity index (χ1v) is 7.22. The van der Waals surface area contributed by atoms with Crippen molar-refractivity contribution in [3.05, 3.63) is 18.5 Å². The van der Waals surface area contributed by atoms with Gasteiger partial charge in [-0.25, -0.2) is 8.42 Å². The van der Waals surface area contributed by atoms with Gasteiger partial charge in [-0.1, -0.05) is 0 Å². The standard InChI is InChI=1S/C11H19N3O2S/c1-11(2,17(4,15)16)8-14-10-5-9(12-3)6-13-7-10/h5-7,12,14H,8H2,1-4H3. The van der Waals surface area contributed by atoms with Crippen molar-refractivity contribution in [1.29, 1.82) is 0 Å². The maximum absolute atomic E-state index is 11.5. The highest BCUT2D eigenvalue weighted by atomic mass is 32.2. The van der Waals surface area contributed by atoms with E-state index in [-0.39, 0.29) is 0 Å². The lowest BCUT2D eigenvalue weighted by atomic mass is 10.2. The third kappa shape index (κ3) is 3.59. The van der Waals surface area contributed by atoms with Crippen LogP contribution < -0.4 is 10.6 Å². The Kier molecular flexibility index (Phi) is 3.98. The van der Waals surface area contributed by atoms with Gasteiger partial charge in [0.05, 0.1) is 28.5 Å². The molecule has 0 aliphatic rings. The van der Waals surface area contributed by atoms with E-state index in [4.69, 9.17) is 0 Å². The summed E-state index contributed by atoms with van der Waals surface area (Å²) < 4.78 is 22.3. The third-order valence-corrected chi connectivity index (χ3v) is 4.90. The second kappa shape index (κ2) is 4.91. The molecule has 0 fully saturated rings. The van der Waals surface area contributed by atoms with Gasteiger partial charge in [-0.05, 0) is 19.9 Å². The van der Waals surface area contributed by atoms with Crippen molar-refractivity contribution in [2.45, 2.75) is 18.6 Å². The lowest BCUT2D eigenvalue weighted by molar-refractivity contribution is 0.560. The molecule has 0 spiro atoms. The molecule has 5 nitrogen and oxygen atoms in total. The molecule has 2 N–H and O–H groups in total. The van der Waals surface area contributed by atoms with Gasteiger partial charge in [0.2, 0.25) is 0 Å². The Labute approximate surface area is 103 Å². The molecule has 1 rings (SSSR count). The van der Waals surface area contributed by atoms with Crippen molar-refractivity contribution in [2.24, 2.45) is 0 Å². The molecule has 0 unspecified atom stereocenters. The van der Waals surface area contributed by atoms with Gasteiger partial charge >= 0.3 is 0 Å². The lowest BCUT2D eigenvalue weighted by Crippen LogP contribution is -2.38. The molecule has 0 aliphatic carbocycles. The first-order valence-electron chi connectivity index (χ1n) is 5.32. The van der Waals surface area contributed by atoms with Crippen molar-refractivity contribution in [1.82, 2.24) is 4.98 Å². The molecule has 0 radical (unpaired) electrons. The fourth-order valence-electron chi connectivity index (χ4n) is 1.12. The Hall–Kier alpha value is -1.30. The number of nitrogens with zero attached hydrogens (tertiary/aromatic N) is 1. The van der Waals surface area contributed by atoms with Crippen molar-refractivity contribution in [3.8, 4) is 0 Å². The van der Waals surface area contributed by atoms with Gasteiger partial charge < -0.3 is 10.6 Å². The maximum Gasteiger partial charge on any atom is 0.154 e. The van der Waals surface area contributed by atoms with E-state index < -0.39 is 14.6 Å². The predicted molar refractivity (Wildman–Crippen MR) is 71.2 cm³/mol. The van der Waals surface area contributed by atoms with Crippen molar-refractivity contribution in [3.63, 3.8) is 0 Å². The highest BCUT2D eigenvalue weighted by Gasteiger charge is 2.29. The van der Waals surface area contributed by atoms with Gasteiger partial charge in [0, 0.05) is 19.8 Å². The molecule has 17 heavy (non-hydrogen) atoms. The summed E-state index contributed by atoms with van der Waals surface area (Å²) in [6.07, 6.45) is 4.61. The van der Waals surface area contributed by atoms with Crippen LogP contribution in [0, 0.1) is 0 Å². The van der Waals surface area contributed by atoms with Gasteiger partial charge in [-0.15, -0.1) is 0 Å². The van der Waals surface area contributed by atoms with Crippen LogP contribution in [0.25, 0.3) is 0 Å². The minimum atomic E-state index is -3.09. The molecule has 0 saturated heterocycles. The second-order valence-electron chi connectivity index (χ2n) is 4.60. The van der Waals surface area contributed by atoms with Gasteiger partial charge in [0.25, 0.3) is 0 Å². The SMILES string of the molecule is CNc1cncc(NCC(C)(C)S(C)(=O)=O)c1. The number of rotatable bonds is 5. The van der Waals surface area contributed by atoms with Crippen LogP contribution in [-0.4, -0.2) is 38.0 Å². The summed E-state index contributed by atoms with van der Waals surface area (Å²) >= 11 is 0. The maximum atomic E-state index is 11.5. The summed E-state index contributed by atoms with van der Waals surface area (Å²) in [6, 6.07) is 1.88. The molecular weight excluding hydrogens is 238 g/mol. The molecule has 0 amide bonds. The number of hydrogen-bond acceptors (Lipinski definition) is 5. The fourth-order valence-corrected chi connectivity index (χ4v) is 1.45. The molecule has 0 aromatic carbocycles. The molecule has 0 aliphatic heterocycles. The van der Waals surface area contributed by atoms with Crippen molar-refractivity contribution in [2.75, 3.05) is 30.5 Å². The van der Waals surface area contributed by atoms with Crippen LogP contribution in [0.5, 0.6) is 0 Å². The minimum Gasteiger partial charge on any atom is -0.387 e. The summed E-state index contributed by atoms with van der Waals surface area (Å²) in [6.45, 7) is 3.75. The zero-order chi connectivity index (χ0) is 13.1. The van der Waals surface area contributed by atoms with E-state index in [1.165, 1.54) is 6.26 Å². The minimum absolute atomic E-state index is 0.348. The fraction of sp³-hybridized carbons (Fsp3) is 0.545. The van der Waals surface area contributed by atoms with E-state index in [9.17, 15) is 8.42 Å². The molecule has 0 bridgehead atoms. The van der Waals surface area contributed by atoms with E-state index in [2.05, 4.69) is 15.6 Å². The molecule has 1 aromatic rings. The quantitative estimate of drug-likeness (QED) is 0.833. The van der Waals surface area contributed by atoms with Gasteiger partial charge in [0.1, 0.15) is 0 Å². The number of anilines is 2. The van der Waals surface area contributed by atoms with Crippen molar-refractivity contribution < 1.29 is 8.42 Å². The summed E-state index contributed by atoms with van der Waals surface area (Å²) in [5.41, 5.74) is 1.68. The average Bonchev–Trinajstić information content (AvgIpc) is 2.25. The topological polar surface area (TPSA) is 71.1 Å². The number of pyridine rings is 1. The molecule has 0 atom stereocenters. The third-order valence-electron chi connectivity index (χ3n) is 2.75. The molecular formula is C11H19N3O2S. The van der Waals surface area contributed by atoms with Crippen LogP contribution in [0.1, 0.15) is 13.8 Å². The predicted octanol–water partition coefficient (Wildman–Crippen LogP) is 1.36. The first-order chi connectivity index (χ1) is 7.76.